The topological polar surface area (TPSA) is 34.9 Å². The molecule has 1 heterocycles. The molecule has 0 unspecified atom stereocenters. The van der Waals surface area contributed by atoms with Gasteiger partial charge in [-0.1, -0.05) is 6.92 Å². The molecular formula is C14H12F4N2O. The lowest BCUT2D eigenvalue weighted by molar-refractivity contribution is -0.140. The Hall–Kier alpha value is -2.18. The third-order valence-corrected chi connectivity index (χ3v) is 2.88. The third kappa shape index (κ3) is 3.29. The highest BCUT2D eigenvalue weighted by Crippen LogP contribution is 2.32. The van der Waals surface area contributed by atoms with Crippen molar-refractivity contribution in [1.82, 2.24) is 9.78 Å². The predicted octanol–water partition coefficient (Wildman–Crippen LogP) is 3.68. The largest absolute Gasteiger partial charge is 0.419 e. The van der Waals surface area contributed by atoms with Crippen molar-refractivity contribution >= 4 is 5.78 Å². The Morgan fingerprint density at radius 2 is 2.00 bits per heavy atom. The van der Waals surface area contributed by atoms with Crippen LogP contribution in [-0.2, 0) is 12.7 Å². The van der Waals surface area contributed by atoms with Gasteiger partial charge in [-0.2, -0.15) is 18.3 Å². The van der Waals surface area contributed by atoms with Crippen molar-refractivity contribution in [1.29, 1.82) is 0 Å². The summed E-state index contributed by atoms with van der Waals surface area (Å²) in [6, 6.07) is 2.20. The summed E-state index contributed by atoms with van der Waals surface area (Å²) in [5.41, 5.74) is -1.50. The molecule has 0 atom stereocenters. The molecular weight excluding hydrogens is 288 g/mol. The standard InChI is InChI=1S/C14H12F4N2O/c1-2-5-20-8-10(7-19-20)13(21)9-3-4-12(15)11(6-9)14(16,17)18/h3-4,6-8H,2,5H2,1H3. The Morgan fingerprint density at radius 1 is 1.29 bits per heavy atom. The summed E-state index contributed by atoms with van der Waals surface area (Å²) < 4.78 is 52.6. The van der Waals surface area contributed by atoms with Gasteiger partial charge in [-0.3, -0.25) is 9.48 Å². The molecule has 1 aromatic heterocycles. The lowest BCUT2D eigenvalue weighted by Crippen LogP contribution is -2.10. The number of hydrogen-bond donors (Lipinski definition) is 0. The number of nitrogens with zero attached hydrogens (tertiary/aromatic N) is 2. The Labute approximate surface area is 118 Å². The van der Waals surface area contributed by atoms with Gasteiger partial charge in [0.2, 0.25) is 0 Å². The molecule has 0 spiro atoms. The molecule has 3 nitrogen and oxygen atoms in total. The fourth-order valence-electron chi connectivity index (χ4n) is 1.88. The van der Waals surface area contributed by atoms with Crippen molar-refractivity contribution in [2.45, 2.75) is 26.1 Å². The number of halogens is 4. The van der Waals surface area contributed by atoms with Crippen LogP contribution in [0.3, 0.4) is 0 Å². The average molecular weight is 300 g/mol. The van der Waals surface area contributed by atoms with E-state index in [1.165, 1.54) is 17.1 Å². The van der Waals surface area contributed by atoms with Gasteiger partial charge in [-0.15, -0.1) is 0 Å². The van der Waals surface area contributed by atoms with Gasteiger partial charge < -0.3 is 0 Å². The van der Waals surface area contributed by atoms with Crippen molar-refractivity contribution in [2.75, 3.05) is 0 Å². The molecule has 2 rings (SSSR count). The van der Waals surface area contributed by atoms with E-state index in [9.17, 15) is 22.4 Å². The molecule has 0 saturated heterocycles. The molecule has 0 bridgehead atoms. The lowest BCUT2D eigenvalue weighted by atomic mass is 10.0. The maximum absolute atomic E-state index is 13.2. The number of carbonyl (C=O) groups excluding carboxylic acids is 1. The summed E-state index contributed by atoms with van der Waals surface area (Å²) in [4.78, 5) is 12.1. The highest BCUT2D eigenvalue weighted by Gasteiger charge is 2.34. The quantitative estimate of drug-likeness (QED) is 0.637. The predicted molar refractivity (Wildman–Crippen MR) is 67.4 cm³/mol. The molecule has 112 valence electrons. The van der Waals surface area contributed by atoms with E-state index in [0.717, 1.165) is 12.5 Å². The Morgan fingerprint density at radius 3 is 2.62 bits per heavy atom. The zero-order valence-corrected chi connectivity index (χ0v) is 11.1. The molecule has 0 aliphatic rings. The first-order valence-corrected chi connectivity index (χ1v) is 6.27. The van der Waals surface area contributed by atoms with Gasteiger partial charge in [-0.05, 0) is 24.6 Å². The number of rotatable bonds is 4. The second kappa shape index (κ2) is 5.67. The monoisotopic (exact) mass is 300 g/mol. The maximum atomic E-state index is 13.2. The zero-order chi connectivity index (χ0) is 15.6. The van der Waals surface area contributed by atoms with Crippen LogP contribution in [0.2, 0.25) is 0 Å². The summed E-state index contributed by atoms with van der Waals surface area (Å²) in [6.07, 6.45) is -1.28. The normalized spacial score (nSPS) is 11.7. The van der Waals surface area contributed by atoms with E-state index in [0.29, 0.717) is 18.7 Å². The highest BCUT2D eigenvalue weighted by atomic mass is 19.4. The van der Waals surface area contributed by atoms with Crippen LogP contribution in [0.25, 0.3) is 0 Å². The Balaban J connectivity index is 2.35. The second-order valence-corrected chi connectivity index (χ2v) is 4.51. The van der Waals surface area contributed by atoms with E-state index in [1.807, 2.05) is 6.92 Å². The molecule has 7 heteroatoms. The summed E-state index contributed by atoms with van der Waals surface area (Å²) in [7, 11) is 0. The molecule has 0 amide bonds. The number of aromatic nitrogens is 2. The fraction of sp³-hybridized carbons (Fsp3) is 0.286. The number of hydrogen-bond acceptors (Lipinski definition) is 2. The fourth-order valence-corrected chi connectivity index (χ4v) is 1.88. The highest BCUT2D eigenvalue weighted by molar-refractivity contribution is 6.08. The van der Waals surface area contributed by atoms with Crippen LogP contribution in [0.15, 0.2) is 30.6 Å². The Bertz CT molecular complexity index is 661. The molecule has 0 aliphatic carbocycles. The first-order valence-electron chi connectivity index (χ1n) is 6.27. The first kappa shape index (κ1) is 15.2. The minimum absolute atomic E-state index is 0.170. The van der Waals surface area contributed by atoms with Crippen molar-refractivity contribution in [2.24, 2.45) is 0 Å². The average Bonchev–Trinajstić information content (AvgIpc) is 2.86. The third-order valence-electron chi connectivity index (χ3n) is 2.88. The van der Waals surface area contributed by atoms with Crippen LogP contribution in [0.4, 0.5) is 17.6 Å². The molecule has 0 radical (unpaired) electrons. The first-order chi connectivity index (χ1) is 9.82. The number of benzene rings is 1. The van der Waals surface area contributed by atoms with Crippen LogP contribution >= 0.6 is 0 Å². The molecule has 1 aromatic carbocycles. The molecule has 2 aromatic rings. The van der Waals surface area contributed by atoms with Crippen LogP contribution in [-0.4, -0.2) is 15.6 Å². The summed E-state index contributed by atoms with van der Waals surface area (Å²) in [5.74, 6) is -2.02. The molecule has 0 fully saturated rings. The molecule has 21 heavy (non-hydrogen) atoms. The molecule has 0 N–H and O–H groups in total. The van der Waals surface area contributed by atoms with E-state index < -0.39 is 23.3 Å². The summed E-state index contributed by atoms with van der Waals surface area (Å²) >= 11 is 0. The SMILES string of the molecule is CCCn1cc(C(=O)c2ccc(F)c(C(F)(F)F)c2)cn1. The minimum Gasteiger partial charge on any atom is -0.288 e. The summed E-state index contributed by atoms with van der Waals surface area (Å²) in [6.45, 7) is 2.53. The van der Waals surface area contributed by atoms with E-state index in [2.05, 4.69) is 5.10 Å². The lowest BCUT2D eigenvalue weighted by Gasteiger charge is -2.09. The molecule has 0 aliphatic heterocycles. The van der Waals surface area contributed by atoms with Gasteiger partial charge in [0.1, 0.15) is 5.82 Å². The van der Waals surface area contributed by atoms with Gasteiger partial charge in [0.25, 0.3) is 0 Å². The van der Waals surface area contributed by atoms with Gasteiger partial charge in [0.05, 0.1) is 17.3 Å². The molecule has 0 saturated carbocycles. The number of alkyl halides is 3. The van der Waals surface area contributed by atoms with Gasteiger partial charge >= 0.3 is 6.18 Å². The van der Waals surface area contributed by atoms with Gasteiger partial charge in [0, 0.05) is 18.3 Å². The van der Waals surface area contributed by atoms with Crippen LogP contribution in [0.1, 0.15) is 34.8 Å². The van der Waals surface area contributed by atoms with Gasteiger partial charge in [0.15, 0.2) is 5.78 Å². The van der Waals surface area contributed by atoms with Crippen molar-refractivity contribution in [3.05, 3.63) is 53.1 Å². The number of carbonyl (C=O) groups is 1. The maximum Gasteiger partial charge on any atom is 0.419 e. The minimum atomic E-state index is -4.84. The van der Waals surface area contributed by atoms with E-state index in [-0.39, 0.29) is 11.1 Å². The van der Waals surface area contributed by atoms with Crippen molar-refractivity contribution < 1.29 is 22.4 Å². The number of aryl methyl sites for hydroxylation is 1. The van der Waals surface area contributed by atoms with Crippen LogP contribution in [0, 0.1) is 5.82 Å². The van der Waals surface area contributed by atoms with E-state index >= 15 is 0 Å². The van der Waals surface area contributed by atoms with E-state index in [4.69, 9.17) is 0 Å². The van der Waals surface area contributed by atoms with Gasteiger partial charge in [-0.25, -0.2) is 4.39 Å². The smallest absolute Gasteiger partial charge is 0.288 e. The van der Waals surface area contributed by atoms with Crippen LogP contribution < -0.4 is 0 Å². The van der Waals surface area contributed by atoms with Crippen molar-refractivity contribution in [3.8, 4) is 0 Å². The zero-order valence-electron chi connectivity index (χ0n) is 11.1. The van der Waals surface area contributed by atoms with Crippen LogP contribution in [0.5, 0.6) is 0 Å². The van der Waals surface area contributed by atoms with Crippen molar-refractivity contribution in [3.63, 3.8) is 0 Å². The van der Waals surface area contributed by atoms with E-state index in [1.54, 1.807) is 0 Å². The second-order valence-electron chi connectivity index (χ2n) is 4.51. The Kier molecular flexibility index (Phi) is 4.11. The summed E-state index contributed by atoms with van der Waals surface area (Å²) in [5, 5.41) is 3.94. The number of ketones is 1.